The van der Waals surface area contributed by atoms with E-state index < -0.39 is 28.1 Å². The van der Waals surface area contributed by atoms with Gasteiger partial charge in [-0.25, -0.2) is 18.0 Å². The average Bonchev–Trinajstić information content (AvgIpc) is 3.26. The van der Waals surface area contributed by atoms with Crippen LogP contribution in [0.5, 0.6) is 0 Å². The molecule has 1 atom stereocenters. The molecule has 3 aromatic rings. The zero-order chi connectivity index (χ0) is 29.6. The number of aryl methyl sites for hydroxylation is 1. The second-order valence-electron chi connectivity index (χ2n) is 10.9. The number of carboxylic acid groups (broad SMARTS) is 1. The number of nitrogens with zero attached hydrogens (tertiary/aromatic N) is 1. The number of amides is 1. The van der Waals surface area contributed by atoms with Crippen LogP contribution < -0.4 is 5.32 Å². The van der Waals surface area contributed by atoms with Crippen LogP contribution in [-0.2, 0) is 19.6 Å². The van der Waals surface area contributed by atoms with Crippen molar-refractivity contribution in [3.8, 4) is 11.1 Å². The summed E-state index contributed by atoms with van der Waals surface area (Å²) in [5.41, 5.74) is 5.33. The Labute approximate surface area is 242 Å². The normalized spacial score (nSPS) is 13.6. The lowest BCUT2D eigenvalue weighted by molar-refractivity contribution is -0.139. The van der Waals surface area contributed by atoms with Gasteiger partial charge in [-0.05, 0) is 66.5 Å². The van der Waals surface area contributed by atoms with Crippen LogP contribution in [0.3, 0.4) is 0 Å². The summed E-state index contributed by atoms with van der Waals surface area (Å²) in [5, 5.41) is 12.2. The first-order chi connectivity index (χ1) is 19.6. The molecule has 1 aliphatic rings. The number of nitrogens with one attached hydrogen (secondary N) is 1. The third-order valence-electron chi connectivity index (χ3n) is 7.31. The molecular formula is C32H38N2O6S. The van der Waals surface area contributed by atoms with Gasteiger partial charge in [0.25, 0.3) is 0 Å². The third kappa shape index (κ3) is 7.34. The van der Waals surface area contributed by atoms with Crippen LogP contribution >= 0.6 is 0 Å². The van der Waals surface area contributed by atoms with Crippen LogP contribution in [0.25, 0.3) is 11.1 Å². The smallest absolute Gasteiger partial charge is 0.407 e. The number of rotatable bonds is 13. The van der Waals surface area contributed by atoms with E-state index in [4.69, 9.17) is 4.74 Å². The number of hydrogen-bond acceptors (Lipinski definition) is 5. The first-order valence-electron chi connectivity index (χ1n) is 14.0. The lowest BCUT2D eigenvalue weighted by Crippen LogP contribution is -2.41. The number of carboxylic acids is 1. The van der Waals surface area contributed by atoms with Gasteiger partial charge in [-0.1, -0.05) is 80.1 Å². The summed E-state index contributed by atoms with van der Waals surface area (Å²) in [7, 11) is -3.68. The summed E-state index contributed by atoms with van der Waals surface area (Å²) in [5.74, 6) is -1.17. The van der Waals surface area contributed by atoms with Gasteiger partial charge in [-0.15, -0.1) is 0 Å². The number of aliphatic carboxylic acids is 1. The maximum absolute atomic E-state index is 13.3. The van der Waals surface area contributed by atoms with Crippen LogP contribution in [0.1, 0.15) is 55.7 Å². The summed E-state index contributed by atoms with van der Waals surface area (Å²) < 4.78 is 33.5. The predicted octanol–water partition coefficient (Wildman–Crippen LogP) is 5.80. The summed E-state index contributed by atoms with van der Waals surface area (Å²) in [6, 6.07) is 21.6. The van der Waals surface area contributed by atoms with E-state index in [0.29, 0.717) is 19.4 Å². The fourth-order valence-electron chi connectivity index (χ4n) is 5.25. The van der Waals surface area contributed by atoms with Gasteiger partial charge in [-0.3, -0.25) is 0 Å². The van der Waals surface area contributed by atoms with Gasteiger partial charge in [-0.2, -0.15) is 4.31 Å². The summed E-state index contributed by atoms with van der Waals surface area (Å²) in [6.07, 6.45) is 0.231. The van der Waals surface area contributed by atoms with Gasteiger partial charge in [0, 0.05) is 19.0 Å². The van der Waals surface area contributed by atoms with E-state index in [-0.39, 0.29) is 36.3 Å². The van der Waals surface area contributed by atoms with Crippen molar-refractivity contribution < 1.29 is 27.9 Å². The number of sulfonamides is 1. The molecular weight excluding hydrogens is 540 g/mol. The number of unbranched alkanes of at least 4 members (excludes halogenated alkanes) is 1. The summed E-state index contributed by atoms with van der Waals surface area (Å²) in [4.78, 5) is 24.8. The lowest BCUT2D eigenvalue weighted by atomic mass is 9.98. The largest absolute Gasteiger partial charge is 0.480 e. The Kier molecular flexibility index (Phi) is 9.83. The molecule has 1 amide bonds. The molecule has 8 nitrogen and oxygen atoms in total. The molecule has 0 saturated heterocycles. The van der Waals surface area contributed by atoms with Gasteiger partial charge in [0.05, 0.1) is 4.90 Å². The molecule has 0 saturated carbocycles. The van der Waals surface area contributed by atoms with Crippen LogP contribution in [0.2, 0.25) is 0 Å². The van der Waals surface area contributed by atoms with Gasteiger partial charge in [0.1, 0.15) is 12.6 Å². The number of benzene rings is 3. The van der Waals surface area contributed by atoms with Crippen LogP contribution in [0, 0.1) is 12.8 Å². The molecule has 0 heterocycles. The average molecular weight is 579 g/mol. The van der Waals surface area contributed by atoms with E-state index in [1.165, 1.54) is 4.31 Å². The number of hydrogen-bond donors (Lipinski definition) is 2. The molecule has 1 unspecified atom stereocenters. The Morgan fingerprint density at radius 2 is 1.51 bits per heavy atom. The second kappa shape index (κ2) is 13.3. The van der Waals surface area contributed by atoms with Crippen molar-refractivity contribution in [2.45, 2.75) is 56.9 Å². The molecule has 2 N–H and O–H groups in total. The number of carbonyl (C=O) groups is 2. The quantitative estimate of drug-likeness (QED) is 0.248. The van der Waals surface area contributed by atoms with Gasteiger partial charge in [0.15, 0.2) is 0 Å². The van der Waals surface area contributed by atoms with Gasteiger partial charge < -0.3 is 15.2 Å². The molecule has 41 heavy (non-hydrogen) atoms. The molecule has 0 aromatic heterocycles. The minimum absolute atomic E-state index is 0.0905. The molecule has 0 bridgehead atoms. The third-order valence-corrected chi connectivity index (χ3v) is 9.19. The SMILES string of the molecule is Cc1ccc(S(=O)(=O)N(CCCCC(NC(=O)OCC2c3ccccc3-c3ccccc32)C(=O)O)CC(C)C)cc1. The van der Waals surface area contributed by atoms with Crippen molar-refractivity contribution in [1.29, 1.82) is 0 Å². The molecule has 0 radical (unpaired) electrons. The highest BCUT2D eigenvalue weighted by Crippen LogP contribution is 2.44. The highest BCUT2D eigenvalue weighted by molar-refractivity contribution is 7.89. The highest BCUT2D eigenvalue weighted by Gasteiger charge is 2.30. The van der Waals surface area contributed by atoms with E-state index >= 15 is 0 Å². The van der Waals surface area contributed by atoms with Gasteiger partial charge >= 0.3 is 12.1 Å². The Morgan fingerprint density at radius 3 is 2.07 bits per heavy atom. The first kappa shape index (κ1) is 30.3. The van der Waals surface area contributed by atoms with Crippen molar-refractivity contribution in [1.82, 2.24) is 9.62 Å². The Hall–Kier alpha value is -3.69. The minimum atomic E-state index is -3.68. The van der Waals surface area contributed by atoms with E-state index in [0.717, 1.165) is 27.8 Å². The summed E-state index contributed by atoms with van der Waals surface area (Å²) in [6.45, 7) is 6.51. The highest BCUT2D eigenvalue weighted by atomic mass is 32.2. The van der Waals surface area contributed by atoms with E-state index in [2.05, 4.69) is 5.32 Å². The Bertz CT molecular complexity index is 1420. The monoisotopic (exact) mass is 578 g/mol. The Balaban J connectivity index is 1.31. The van der Waals surface area contributed by atoms with E-state index in [9.17, 15) is 23.1 Å². The van der Waals surface area contributed by atoms with Crippen molar-refractivity contribution in [2.24, 2.45) is 5.92 Å². The fourth-order valence-corrected chi connectivity index (χ4v) is 6.89. The van der Waals surface area contributed by atoms with E-state index in [1.54, 1.807) is 24.3 Å². The predicted molar refractivity (Wildman–Crippen MR) is 158 cm³/mol. The molecule has 0 spiro atoms. The molecule has 9 heteroatoms. The minimum Gasteiger partial charge on any atom is -0.480 e. The van der Waals surface area contributed by atoms with E-state index in [1.807, 2.05) is 69.3 Å². The van der Waals surface area contributed by atoms with Gasteiger partial charge in [0.2, 0.25) is 10.0 Å². The number of alkyl carbamates (subject to hydrolysis) is 1. The van der Waals surface area contributed by atoms with Crippen LogP contribution in [0.4, 0.5) is 4.79 Å². The standard InChI is InChI=1S/C32H38N2O6S/c1-22(2)20-34(41(38,39)24-17-15-23(3)16-18-24)19-9-8-14-30(31(35)36)33-32(37)40-21-29-27-12-6-4-10-25(27)26-11-5-7-13-28(26)29/h4-7,10-13,15-18,22,29-30H,8-9,14,19-21H2,1-3H3,(H,33,37)(H,35,36). The second-order valence-corrected chi connectivity index (χ2v) is 12.9. The maximum Gasteiger partial charge on any atom is 0.407 e. The molecule has 218 valence electrons. The van der Waals surface area contributed by atoms with Crippen LogP contribution in [-0.4, -0.2) is 55.6 Å². The fraction of sp³-hybridized carbons (Fsp3) is 0.375. The molecule has 4 rings (SSSR count). The first-order valence-corrected chi connectivity index (χ1v) is 15.4. The molecule has 0 aliphatic heterocycles. The van der Waals surface area contributed by atoms with Crippen molar-refractivity contribution in [2.75, 3.05) is 19.7 Å². The zero-order valence-corrected chi connectivity index (χ0v) is 24.6. The van der Waals surface area contributed by atoms with Crippen molar-refractivity contribution >= 4 is 22.1 Å². The molecule has 0 fully saturated rings. The topological polar surface area (TPSA) is 113 Å². The lowest BCUT2D eigenvalue weighted by Gasteiger charge is -2.24. The van der Waals surface area contributed by atoms with Crippen LogP contribution in [0.15, 0.2) is 77.7 Å². The molecule has 1 aliphatic carbocycles. The maximum atomic E-state index is 13.3. The zero-order valence-electron chi connectivity index (χ0n) is 23.7. The number of carbonyl (C=O) groups excluding carboxylic acids is 1. The number of ether oxygens (including phenoxy) is 1. The number of fused-ring (bicyclic) bond motifs is 3. The molecule has 3 aromatic carbocycles. The summed E-state index contributed by atoms with van der Waals surface area (Å²) >= 11 is 0. The Morgan fingerprint density at radius 1 is 0.927 bits per heavy atom. The van der Waals surface area contributed by atoms with Crippen molar-refractivity contribution in [3.63, 3.8) is 0 Å². The van der Waals surface area contributed by atoms with Crippen molar-refractivity contribution in [3.05, 3.63) is 89.5 Å².